The van der Waals surface area contributed by atoms with Crippen molar-refractivity contribution in [1.82, 2.24) is 4.90 Å². The third-order valence-corrected chi connectivity index (χ3v) is 3.22. The predicted molar refractivity (Wildman–Crippen MR) is 72.6 cm³/mol. The Kier molecular flexibility index (Phi) is 3.30. The molecule has 0 saturated carbocycles. The highest BCUT2D eigenvalue weighted by atomic mass is 16.3. The van der Waals surface area contributed by atoms with Crippen molar-refractivity contribution >= 4 is 23.8 Å². The van der Waals surface area contributed by atoms with Crippen molar-refractivity contribution in [2.75, 3.05) is 14.1 Å². The molecule has 8 nitrogen and oxygen atoms in total. The van der Waals surface area contributed by atoms with Crippen LogP contribution >= 0.6 is 0 Å². The first-order valence-electron chi connectivity index (χ1n) is 5.89. The Morgan fingerprint density at radius 2 is 1.81 bits per heavy atom. The molecule has 0 atom stereocenters. The van der Waals surface area contributed by atoms with E-state index in [0.717, 1.165) is 21.6 Å². The van der Waals surface area contributed by atoms with Gasteiger partial charge in [0.05, 0.1) is 14.1 Å². The van der Waals surface area contributed by atoms with Gasteiger partial charge >= 0.3 is 17.8 Å². The molecule has 1 aromatic carbocycles. The molecule has 0 aliphatic carbocycles. The number of carbonyl (C=O) groups excluding carboxylic acids is 2. The molecule has 2 rings (SSSR count). The monoisotopic (exact) mass is 292 g/mol. The summed E-state index contributed by atoms with van der Waals surface area (Å²) >= 11 is 0. The summed E-state index contributed by atoms with van der Waals surface area (Å²) in [7, 11) is 2.81. The number of likely N-dealkylation sites (N-methyl/N-ethyl adjacent to an activating group) is 2. The molecule has 21 heavy (non-hydrogen) atoms. The number of carbonyl (C=O) groups is 2. The Morgan fingerprint density at radius 1 is 1.19 bits per heavy atom. The first kappa shape index (κ1) is 14.4. The lowest BCUT2D eigenvalue weighted by molar-refractivity contribution is -0.421. The minimum atomic E-state index is -0.729. The average molecular weight is 292 g/mol. The second-order valence-corrected chi connectivity index (χ2v) is 4.52. The Morgan fingerprint density at radius 3 is 2.43 bits per heavy atom. The predicted octanol–water partition coefficient (Wildman–Crippen LogP) is -0.858. The Balaban J connectivity index is 2.59. The fourth-order valence-electron chi connectivity index (χ4n) is 1.87. The molecule has 0 spiro atoms. The van der Waals surface area contributed by atoms with Gasteiger partial charge in [0, 0.05) is 5.56 Å². The zero-order chi connectivity index (χ0) is 15.9. The first-order chi connectivity index (χ1) is 9.75. The van der Waals surface area contributed by atoms with Gasteiger partial charge in [0.15, 0.2) is 11.5 Å². The topological polar surface area (TPSA) is 127 Å². The zero-order valence-electron chi connectivity index (χ0n) is 11.4. The highest BCUT2D eigenvalue weighted by Gasteiger charge is 2.37. The van der Waals surface area contributed by atoms with Gasteiger partial charge in [-0.3, -0.25) is 5.73 Å². The molecule has 0 saturated heterocycles. The largest absolute Gasteiger partial charge is 0.504 e. The molecule has 0 bridgehead atoms. The highest BCUT2D eigenvalue weighted by Crippen LogP contribution is 2.38. The van der Waals surface area contributed by atoms with Crippen LogP contribution in [0.15, 0.2) is 17.7 Å². The number of guanidine groups is 1. The maximum Gasteiger partial charge on any atom is 0.360 e. The van der Waals surface area contributed by atoms with E-state index < -0.39 is 29.1 Å². The quantitative estimate of drug-likeness (QED) is 0.231. The molecule has 8 heteroatoms. The number of phenolic OH excluding ortho intramolecular Hbond substituents is 3. The molecule has 2 amide bonds. The van der Waals surface area contributed by atoms with E-state index in [1.165, 1.54) is 20.2 Å². The fourth-order valence-corrected chi connectivity index (χ4v) is 1.87. The number of hydrogen-bond donors (Lipinski definition) is 4. The Bertz CT molecular complexity index is 721. The maximum absolute atomic E-state index is 12.1. The van der Waals surface area contributed by atoms with E-state index in [2.05, 4.69) is 0 Å². The highest BCUT2D eigenvalue weighted by molar-refractivity contribution is 6.25. The van der Waals surface area contributed by atoms with Crippen LogP contribution in [-0.4, -0.2) is 56.7 Å². The van der Waals surface area contributed by atoms with Crippen molar-refractivity contribution in [3.05, 3.63) is 23.3 Å². The zero-order valence-corrected chi connectivity index (χ0v) is 11.4. The van der Waals surface area contributed by atoms with Crippen LogP contribution in [0.3, 0.4) is 0 Å². The number of benzene rings is 1. The molecular weight excluding hydrogens is 278 g/mol. The second-order valence-electron chi connectivity index (χ2n) is 4.52. The van der Waals surface area contributed by atoms with Gasteiger partial charge in [-0.1, -0.05) is 0 Å². The molecule has 0 radical (unpaired) electrons. The molecule has 0 aromatic heterocycles. The number of rotatable bonds is 1. The summed E-state index contributed by atoms with van der Waals surface area (Å²) in [6.45, 7) is 0. The van der Waals surface area contributed by atoms with Crippen molar-refractivity contribution < 1.29 is 29.5 Å². The van der Waals surface area contributed by atoms with Crippen LogP contribution in [-0.2, 0) is 9.59 Å². The molecular formula is C13H14N3O5+. The summed E-state index contributed by atoms with van der Waals surface area (Å²) in [5.74, 6) is -3.16. The van der Waals surface area contributed by atoms with Crippen molar-refractivity contribution in [2.24, 2.45) is 5.73 Å². The molecule has 110 valence electrons. The summed E-state index contributed by atoms with van der Waals surface area (Å²) in [6, 6.07) is 2.40. The van der Waals surface area contributed by atoms with Gasteiger partial charge in [-0.25, -0.2) is 9.59 Å². The molecule has 0 fully saturated rings. The van der Waals surface area contributed by atoms with Crippen LogP contribution in [0.25, 0.3) is 6.08 Å². The lowest BCUT2D eigenvalue weighted by atomic mass is 10.1. The Hall–Kier alpha value is -3.03. The molecule has 0 unspecified atom stereocenters. The van der Waals surface area contributed by atoms with E-state index in [-0.39, 0.29) is 17.1 Å². The molecule has 1 aromatic rings. The van der Waals surface area contributed by atoms with E-state index in [1.807, 2.05) is 0 Å². The number of nitrogens with zero attached hydrogens (tertiary/aromatic N) is 2. The fraction of sp³-hybridized carbons (Fsp3) is 0.154. The van der Waals surface area contributed by atoms with Crippen molar-refractivity contribution in [3.8, 4) is 17.2 Å². The lowest BCUT2D eigenvalue weighted by Gasteiger charge is -2.19. The number of amides is 2. The average Bonchev–Trinajstić information content (AvgIpc) is 2.47. The summed E-state index contributed by atoms with van der Waals surface area (Å²) in [4.78, 5) is 25.2. The molecule has 5 N–H and O–H groups in total. The van der Waals surface area contributed by atoms with Gasteiger partial charge in [0.25, 0.3) is 0 Å². The summed E-state index contributed by atoms with van der Waals surface area (Å²) < 4.78 is 1.09. The number of hydrogen-bond acceptors (Lipinski definition) is 6. The van der Waals surface area contributed by atoms with E-state index >= 15 is 0 Å². The van der Waals surface area contributed by atoms with Crippen molar-refractivity contribution in [2.45, 2.75) is 0 Å². The molecule has 1 heterocycles. The van der Waals surface area contributed by atoms with E-state index in [1.54, 1.807) is 0 Å². The van der Waals surface area contributed by atoms with Crippen LogP contribution in [0, 0.1) is 0 Å². The normalized spacial score (nSPS) is 17.8. The summed E-state index contributed by atoms with van der Waals surface area (Å²) in [6.07, 6.45) is 1.12. The van der Waals surface area contributed by atoms with Gasteiger partial charge in [0.1, 0.15) is 5.57 Å². The van der Waals surface area contributed by atoms with Crippen molar-refractivity contribution in [3.63, 3.8) is 0 Å². The maximum atomic E-state index is 12.1. The van der Waals surface area contributed by atoms with Crippen LogP contribution < -0.4 is 5.73 Å². The smallest absolute Gasteiger partial charge is 0.360 e. The number of nitrogens with two attached hydrogens (primary N) is 1. The SMILES string of the molecule is CN1C(=O)C(=Cc2ccc(O)c(O)c2O)C(=O)[N+](C)=C1N. The van der Waals surface area contributed by atoms with Gasteiger partial charge in [-0.15, -0.1) is 0 Å². The van der Waals surface area contributed by atoms with Crippen LogP contribution in [0.1, 0.15) is 5.56 Å². The van der Waals surface area contributed by atoms with Gasteiger partial charge in [-0.05, 0) is 18.2 Å². The van der Waals surface area contributed by atoms with Crippen LogP contribution in [0.5, 0.6) is 17.2 Å². The standard InChI is InChI=1S/C13H13N3O5/c1-15-11(20)7(12(21)16(2)13(15)14)5-6-3-4-8(17)10(19)9(6)18/h3-5,14H,1-2H3,(H3,17,18,19,20,21)/p+1. The third-order valence-electron chi connectivity index (χ3n) is 3.22. The van der Waals surface area contributed by atoms with Gasteiger partial charge in [-0.2, -0.15) is 9.48 Å². The minimum absolute atomic E-state index is 0.0140. The molecule has 1 aliphatic rings. The van der Waals surface area contributed by atoms with E-state index in [0.29, 0.717) is 0 Å². The summed E-state index contributed by atoms with van der Waals surface area (Å²) in [5, 5.41) is 28.4. The Labute approximate surface area is 119 Å². The van der Waals surface area contributed by atoms with E-state index in [9.17, 15) is 24.9 Å². The summed E-state index contributed by atoms with van der Waals surface area (Å²) in [5.41, 5.74) is 5.40. The van der Waals surface area contributed by atoms with Gasteiger partial charge in [0.2, 0.25) is 5.75 Å². The molecule has 1 aliphatic heterocycles. The van der Waals surface area contributed by atoms with E-state index in [4.69, 9.17) is 5.73 Å². The van der Waals surface area contributed by atoms with Gasteiger partial charge < -0.3 is 15.3 Å². The lowest BCUT2D eigenvalue weighted by Crippen LogP contribution is -2.52. The number of aromatic hydroxyl groups is 3. The third kappa shape index (κ3) is 2.16. The van der Waals surface area contributed by atoms with Crippen LogP contribution in [0.2, 0.25) is 0 Å². The number of phenols is 3. The second kappa shape index (κ2) is 4.82. The van der Waals surface area contributed by atoms with Crippen molar-refractivity contribution in [1.29, 1.82) is 0 Å². The van der Waals surface area contributed by atoms with Crippen LogP contribution in [0.4, 0.5) is 0 Å². The first-order valence-corrected chi connectivity index (χ1v) is 5.89. The minimum Gasteiger partial charge on any atom is -0.504 e.